The number of nitrogens with zero attached hydrogens (tertiary/aromatic N) is 2. The Labute approximate surface area is 342 Å². The molecule has 0 unspecified atom stereocenters. The van der Waals surface area contributed by atoms with Crippen molar-refractivity contribution >= 4 is 62.2 Å². The van der Waals surface area contributed by atoms with Gasteiger partial charge in [0.2, 0.25) is 0 Å². The Balaban J connectivity index is 0.00000231. The fourth-order valence-corrected chi connectivity index (χ4v) is 8.53. The Morgan fingerprint density at radius 2 is 1.14 bits per heavy atom. The molecule has 1 heterocycles. The van der Waals surface area contributed by atoms with E-state index in [0.717, 1.165) is 11.4 Å². The maximum atomic E-state index is 4.20. The molecule has 0 N–H and O–H groups in total. The summed E-state index contributed by atoms with van der Waals surface area (Å²) in [5.74, 6) is 0. The van der Waals surface area contributed by atoms with E-state index < -0.39 is 0 Å². The molecule has 0 aliphatic carbocycles. The van der Waals surface area contributed by atoms with Gasteiger partial charge in [-0.1, -0.05) is 140 Å². The van der Waals surface area contributed by atoms with Crippen LogP contribution in [0.1, 0.15) is 23.6 Å². The largest absolute Gasteiger partial charge is 0.338 e. The van der Waals surface area contributed by atoms with Crippen LogP contribution in [0.2, 0.25) is 0 Å². The van der Waals surface area contributed by atoms with Gasteiger partial charge in [-0.15, -0.1) is 13.2 Å². The second kappa shape index (κ2) is 16.5. The molecule has 1 aromatic heterocycles. The summed E-state index contributed by atoms with van der Waals surface area (Å²) in [6, 6.07) is 61.7. The summed E-state index contributed by atoms with van der Waals surface area (Å²) in [7, 11) is 0. The van der Waals surface area contributed by atoms with Crippen molar-refractivity contribution in [3.63, 3.8) is 0 Å². The molecule has 2 nitrogen and oxygen atoms in total. The van der Waals surface area contributed by atoms with E-state index in [1.165, 1.54) is 87.6 Å². The molecule has 0 saturated carbocycles. The minimum atomic E-state index is 0.713. The van der Waals surface area contributed by atoms with E-state index in [9.17, 15) is 0 Å². The zero-order chi connectivity index (χ0) is 40.2. The number of para-hydroxylation sites is 1. The Hall–Kier alpha value is -7.16. The molecule has 8 aromatic carbocycles. The van der Waals surface area contributed by atoms with Crippen LogP contribution in [-0.2, 0) is 0 Å². The summed E-state index contributed by atoms with van der Waals surface area (Å²) < 4.78 is 2.40. The molecule has 2 heteroatoms. The second-order valence-electron chi connectivity index (χ2n) is 14.6. The molecule has 0 amide bonds. The molecule has 0 aliphatic rings. The zero-order valence-electron chi connectivity index (χ0n) is 33.6. The predicted molar refractivity (Wildman–Crippen MR) is 254 cm³/mol. The van der Waals surface area contributed by atoms with Crippen LogP contribution < -0.4 is 15.3 Å². The van der Waals surface area contributed by atoms with E-state index in [1.807, 2.05) is 6.08 Å². The maximum Gasteiger partial charge on any atom is 0.0541 e. The van der Waals surface area contributed by atoms with Gasteiger partial charge in [0.15, 0.2) is 0 Å². The van der Waals surface area contributed by atoms with E-state index in [4.69, 9.17) is 0 Å². The molecule has 58 heavy (non-hydrogen) atoms. The van der Waals surface area contributed by atoms with Crippen LogP contribution in [0.5, 0.6) is 0 Å². The number of fused-ring (bicyclic) bond motifs is 4. The number of hydrogen-bond acceptors (Lipinski definition) is 1. The number of rotatable bonds is 8. The molecular weight excluding hydrogens is 701 g/mol. The zero-order valence-corrected chi connectivity index (χ0v) is 33.6. The van der Waals surface area contributed by atoms with Gasteiger partial charge in [-0.2, -0.15) is 0 Å². The van der Waals surface area contributed by atoms with Gasteiger partial charge >= 0.3 is 0 Å². The van der Waals surface area contributed by atoms with Gasteiger partial charge in [0.05, 0.1) is 11.0 Å². The monoisotopic (exact) mass is 748 g/mol. The number of hydrogen-bond donors (Lipinski definition) is 0. The van der Waals surface area contributed by atoms with Crippen molar-refractivity contribution in [2.75, 3.05) is 11.4 Å². The first-order valence-electron chi connectivity index (χ1n) is 20.0. The van der Waals surface area contributed by atoms with Gasteiger partial charge in [0.1, 0.15) is 0 Å². The van der Waals surface area contributed by atoms with Crippen molar-refractivity contribution in [1.29, 1.82) is 0 Å². The fraction of sp³-hybridized carbons (Fsp3) is 0.0714. The molecular formula is C56H48N2. The van der Waals surface area contributed by atoms with E-state index in [0.29, 0.717) is 6.54 Å². The number of benzene rings is 8. The maximum absolute atomic E-state index is 4.20. The Bertz CT molecular complexity index is 3060. The van der Waals surface area contributed by atoms with Crippen LogP contribution in [0.25, 0.3) is 78.7 Å². The van der Waals surface area contributed by atoms with Gasteiger partial charge in [0, 0.05) is 34.4 Å². The summed E-state index contributed by atoms with van der Waals surface area (Å²) in [4.78, 5) is 2.42. The van der Waals surface area contributed by atoms with E-state index in [1.54, 1.807) is 0 Å². The standard InChI is InChI=1S/C54H44N2.C2H4/c1-5-46-38(4)48-22-10-11-23-49(48)50(47(46)6-2)32-33-55(44-20-14-16-37(3)34-44)43-29-26-40(27-30-43)42-28-31-54-52(36-42)51-24-12-13-25-53(51)56(54)45-21-15-19-41(35-45)39-17-8-7-9-18-39;1-2/h5-32,34-36H,1,33H2,2-4H3;1-2H2/b47-6-,50-32+;. The van der Waals surface area contributed by atoms with Crippen LogP contribution in [0.15, 0.2) is 190 Å². The van der Waals surface area contributed by atoms with Crippen LogP contribution >= 0.6 is 0 Å². The summed E-state index contributed by atoms with van der Waals surface area (Å²) in [6.45, 7) is 17.4. The van der Waals surface area contributed by atoms with E-state index in [2.05, 4.69) is 232 Å². The Morgan fingerprint density at radius 3 is 1.88 bits per heavy atom. The second-order valence-corrected chi connectivity index (χ2v) is 14.6. The molecule has 0 atom stereocenters. The lowest BCUT2D eigenvalue weighted by Crippen LogP contribution is -2.31. The lowest BCUT2D eigenvalue weighted by Gasteiger charge is -2.25. The van der Waals surface area contributed by atoms with Crippen LogP contribution in [-0.4, -0.2) is 11.1 Å². The van der Waals surface area contributed by atoms with Crippen LogP contribution in [0.4, 0.5) is 11.4 Å². The van der Waals surface area contributed by atoms with Crippen molar-refractivity contribution in [2.45, 2.75) is 20.8 Å². The highest BCUT2D eigenvalue weighted by atomic mass is 15.1. The highest BCUT2D eigenvalue weighted by Gasteiger charge is 2.15. The Morgan fingerprint density at radius 1 is 0.517 bits per heavy atom. The van der Waals surface area contributed by atoms with E-state index >= 15 is 0 Å². The minimum absolute atomic E-state index is 0.713. The van der Waals surface area contributed by atoms with Gasteiger partial charge in [-0.25, -0.2) is 0 Å². The predicted octanol–water partition coefficient (Wildman–Crippen LogP) is 13.8. The molecule has 9 aromatic rings. The van der Waals surface area contributed by atoms with Crippen molar-refractivity contribution in [3.05, 3.63) is 217 Å². The normalized spacial score (nSPS) is 11.8. The highest BCUT2D eigenvalue weighted by molar-refractivity contribution is 6.10. The van der Waals surface area contributed by atoms with Crippen molar-refractivity contribution < 1.29 is 0 Å². The highest BCUT2D eigenvalue weighted by Crippen LogP contribution is 2.37. The third-order valence-corrected chi connectivity index (χ3v) is 11.3. The number of aryl methyl sites for hydroxylation is 2. The van der Waals surface area contributed by atoms with Crippen molar-refractivity contribution in [1.82, 2.24) is 4.57 Å². The average molecular weight is 749 g/mol. The molecule has 0 spiro atoms. The summed E-state index contributed by atoms with van der Waals surface area (Å²) in [5.41, 5.74) is 14.4. The number of aromatic nitrogens is 1. The lowest BCUT2D eigenvalue weighted by atomic mass is 9.95. The quantitative estimate of drug-likeness (QED) is 0.141. The average Bonchev–Trinajstić information content (AvgIpc) is 3.62. The third kappa shape index (κ3) is 6.95. The van der Waals surface area contributed by atoms with Crippen LogP contribution in [0.3, 0.4) is 0 Å². The smallest absolute Gasteiger partial charge is 0.0541 e. The van der Waals surface area contributed by atoms with E-state index in [-0.39, 0.29) is 0 Å². The minimum Gasteiger partial charge on any atom is -0.338 e. The molecule has 0 fully saturated rings. The summed E-state index contributed by atoms with van der Waals surface area (Å²) >= 11 is 0. The third-order valence-electron chi connectivity index (χ3n) is 11.3. The van der Waals surface area contributed by atoms with Crippen molar-refractivity contribution in [3.8, 4) is 27.9 Å². The summed E-state index contributed by atoms with van der Waals surface area (Å²) in [6.07, 6.45) is 6.62. The Kier molecular flexibility index (Phi) is 10.7. The molecule has 0 bridgehead atoms. The first-order chi connectivity index (χ1) is 28.5. The van der Waals surface area contributed by atoms with Gasteiger partial charge in [0.25, 0.3) is 0 Å². The fourth-order valence-electron chi connectivity index (χ4n) is 8.53. The van der Waals surface area contributed by atoms with Gasteiger partial charge < -0.3 is 9.47 Å². The molecule has 0 saturated heterocycles. The first-order valence-corrected chi connectivity index (χ1v) is 20.0. The number of anilines is 2. The molecule has 0 radical (unpaired) electrons. The topological polar surface area (TPSA) is 8.17 Å². The van der Waals surface area contributed by atoms with Crippen molar-refractivity contribution in [2.24, 2.45) is 0 Å². The van der Waals surface area contributed by atoms with Gasteiger partial charge in [-0.3, -0.25) is 0 Å². The van der Waals surface area contributed by atoms with Gasteiger partial charge in [-0.05, 0) is 136 Å². The summed E-state index contributed by atoms with van der Waals surface area (Å²) in [5, 5.41) is 7.51. The molecule has 0 aliphatic heterocycles. The molecule has 282 valence electrons. The lowest BCUT2D eigenvalue weighted by molar-refractivity contribution is 1.12. The SMILES string of the molecule is C=C.C=Cc1c(C)c2ccccc2c(=C/CN(c2ccc(-c3ccc4c(c3)c3ccccc3n4-c3cccc(-c4ccccc4)c3)cc2)c2cccc(C)c2)/c1=C\C. The van der Waals surface area contributed by atoms with Crippen LogP contribution in [0, 0.1) is 13.8 Å². The molecule has 9 rings (SSSR count). The first kappa shape index (κ1) is 37.7.